The van der Waals surface area contributed by atoms with E-state index in [0.29, 0.717) is 0 Å². The molecule has 0 amide bonds. The second-order valence-electron chi connectivity index (χ2n) is 4.52. The molecule has 0 aliphatic carbocycles. The van der Waals surface area contributed by atoms with E-state index in [1.165, 1.54) is 13.2 Å². The lowest BCUT2D eigenvalue weighted by Gasteiger charge is -2.12. The highest BCUT2D eigenvalue weighted by molar-refractivity contribution is 5.29. The number of methoxy groups -OCH3 is 1. The first-order chi connectivity index (χ1) is 9.20. The minimum atomic E-state index is -0.326. The van der Waals surface area contributed by atoms with Gasteiger partial charge in [-0.05, 0) is 36.1 Å². The van der Waals surface area contributed by atoms with E-state index in [1.807, 2.05) is 36.4 Å². The maximum atomic E-state index is 13.5. The molecule has 0 spiro atoms. The molecule has 0 saturated carbocycles. The fourth-order valence-electron chi connectivity index (χ4n) is 2.05. The summed E-state index contributed by atoms with van der Waals surface area (Å²) in [5.41, 5.74) is 8.16. The lowest BCUT2D eigenvalue weighted by molar-refractivity contribution is 0.386. The van der Waals surface area contributed by atoms with Gasteiger partial charge in [0.2, 0.25) is 0 Å². The zero-order valence-electron chi connectivity index (χ0n) is 11.0. The van der Waals surface area contributed by atoms with Crippen LogP contribution in [0.15, 0.2) is 48.5 Å². The molecule has 1 unspecified atom stereocenters. The average Bonchev–Trinajstić information content (AvgIpc) is 2.46. The highest BCUT2D eigenvalue weighted by atomic mass is 19.1. The van der Waals surface area contributed by atoms with Gasteiger partial charge in [0.15, 0.2) is 11.6 Å². The Morgan fingerprint density at radius 2 is 1.89 bits per heavy atom. The van der Waals surface area contributed by atoms with Gasteiger partial charge in [-0.2, -0.15) is 0 Å². The minimum Gasteiger partial charge on any atom is -0.494 e. The second kappa shape index (κ2) is 6.34. The van der Waals surface area contributed by atoms with E-state index in [2.05, 4.69) is 0 Å². The van der Waals surface area contributed by atoms with Crippen LogP contribution in [-0.4, -0.2) is 7.11 Å². The van der Waals surface area contributed by atoms with Crippen LogP contribution in [0.4, 0.5) is 4.39 Å². The molecule has 0 heterocycles. The third kappa shape index (κ3) is 3.55. The molecule has 0 saturated heterocycles. The first-order valence-corrected chi connectivity index (χ1v) is 6.33. The summed E-state index contributed by atoms with van der Waals surface area (Å²) in [6.07, 6.45) is 1.53. The number of aryl methyl sites for hydroxylation is 1. The molecule has 0 radical (unpaired) electrons. The smallest absolute Gasteiger partial charge is 0.165 e. The largest absolute Gasteiger partial charge is 0.494 e. The molecule has 2 aromatic rings. The molecule has 2 aromatic carbocycles. The van der Waals surface area contributed by atoms with Crippen molar-refractivity contribution in [2.24, 2.45) is 5.73 Å². The lowest BCUT2D eigenvalue weighted by Crippen LogP contribution is -2.11. The Bertz CT molecular complexity index is 528. The van der Waals surface area contributed by atoms with Crippen LogP contribution in [-0.2, 0) is 6.42 Å². The van der Waals surface area contributed by atoms with Crippen molar-refractivity contribution in [3.63, 3.8) is 0 Å². The standard InChI is InChI=1S/C16H18FNO/c1-19-16-10-8-12(11-14(16)17)7-9-15(18)13-5-3-2-4-6-13/h2-6,8,10-11,15H,7,9,18H2,1H3. The molecule has 2 rings (SSSR count). The van der Waals surface area contributed by atoms with Gasteiger partial charge in [0, 0.05) is 6.04 Å². The number of hydrogen-bond acceptors (Lipinski definition) is 2. The number of rotatable bonds is 5. The number of halogens is 1. The molecule has 0 bridgehead atoms. The molecule has 2 nitrogen and oxygen atoms in total. The Kier molecular flexibility index (Phi) is 4.53. The molecule has 1 atom stereocenters. The van der Waals surface area contributed by atoms with Crippen molar-refractivity contribution >= 4 is 0 Å². The van der Waals surface area contributed by atoms with E-state index in [1.54, 1.807) is 6.07 Å². The van der Waals surface area contributed by atoms with Crippen molar-refractivity contribution in [2.45, 2.75) is 18.9 Å². The van der Waals surface area contributed by atoms with Crippen molar-refractivity contribution in [2.75, 3.05) is 7.11 Å². The number of hydrogen-bond donors (Lipinski definition) is 1. The number of ether oxygens (including phenoxy) is 1. The van der Waals surface area contributed by atoms with Gasteiger partial charge in [-0.1, -0.05) is 36.4 Å². The normalized spacial score (nSPS) is 12.2. The molecule has 19 heavy (non-hydrogen) atoms. The molecule has 0 fully saturated rings. The second-order valence-corrected chi connectivity index (χ2v) is 4.52. The minimum absolute atomic E-state index is 0.0219. The number of nitrogens with two attached hydrogens (primary N) is 1. The monoisotopic (exact) mass is 259 g/mol. The zero-order chi connectivity index (χ0) is 13.7. The summed E-state index contributed by atoms with van der Waals surface area (Å²) in [7, 11) is 1.46. The molecule has 0 aliphatic heterocycles. The van der Waals surface area contributed by atoms with Crippen molar-refractivity contribution in [3.8, 4) is 5.75 Å². The van der Waals surface area contributed by atoms with Gasteiger partial charge in [0.05, 0.1) is 7.11 Å². The molecule has 100 valence electrons. The molecule has 0 aromatic heterocycles. The zero-order valence-corrected chi connectivity index (χ0v) is 11.0. The van der Waals surface area contributed by atoms with Crippen LogP contribution in [0.25, 0.3) is 0 Å². The van der Waals surface area contributed by atoms with E-state index in [9.17, 15) is 4.39 Å². The van der Waals surface area contributed by atoms with Crippen LogP contribution in [0.5, 0.6) is 5.75 Å². The highest BCUT2D eigenvalue weighted by Gasteiger charge is 2.07. The maximum Gasteiger partial charge on any atom is 0.165 e. The predicted octanol–water partition coefficient (Wildman–Crippen LogP) is 3.47. The van der Waals surface area contributed by atoms with E-state index in [-0.39, 0.29) is 17.6 Å². The molecule has 2 N–H and O–H groups in total. The molecule has 3 heteroatoms. The summed E-state index contributed by atoms with van der Waals surface area (Å²) in [6, 6.07) is 15.0. The Morgan fingerprint density at radius 3 is 2.53 bits per heavy atom. The maximum absolute atomic E-state index is 13.5. The SMILES string of the molecule is COc1ccc(CCC(N)c2ccccc2)cc1F. The third-order valence-electron chi connectivity index (χ3n) is 3.19. The third-order valence-corrected chi connectivity index (χ3v) is 3.19. The number of benzene rings is 2. The van der Waals surface area contributed by atoms with Crippen LogP contribution in [0.1, 0.15) is 23.6 Å². The van der Waals surface area contributed by atoms with Crippen molar-refractivity contribution in [1.29, 1.82) is 0 Å². The fourth-order valence-corrected chi connectivity index (χ4v) is 2.05. The molecular formula is C16H18FNO. The first kappa shape index (κ1) is 13.6. The van der Waals surface area contributed by atoms with Crippen molar-refractivity contribution in [3.05, 3.63) is 65.5 Å². The topological polar surface area (TPSA) is 35.2 Å². The van der Waals surface area contributed by atoms with Crippen LogP contribution >= 0.6 is 0 Å². The van der Waals surface area contributed by atoms with Crippen molar-refractivity contribution < 1.29 is 9.13 Å². The Morgan fingerprint density at radius 1 is 1.16 bits per heavy atom. The van der Waals surface area contributed by atoms with Crippen LogP contribution in [0.2, 0.25) is 0 Å². The highest BCUT2D eigenvalue weighted by Crippen LogP contribution is 2.21. The summed E-state index contributed by atoms with van der Waals surface area (Å²) in [5, 5.41) is 0. The van der Waals surface area contributed by atoms with Gasteiger partial charge in [0.25, 0.3) is 0 Å². The van der Waals surface area contributed by atoms with Crippen LogP contribution in [0, 0.1) is 5.82 Å². The van der Waals surface area contributed by atoms with Gasteiger partial charge in [0.1, 0.15) is 0 Å². The van der Waals surface area contributed by atoms with Gasteiger partial charge in [-0.15, -0.1) is 0 Å². The molecular weight excluding hydrogens is 241 g/mol. The predicted molar refractivity (Wildman–Crippen MR) is 74.6 cm³/mol. The van der Waals surface area contributed by atoms with E-state index in [0.717, 1.165) is 24.0 Å². The summed E-state index contributed by atoms with van der Waals surface area (Å²) in [4.78, 5) is 0. The van der Waals surface area contributed by atoms with Gasteiger partial charge < -0.3 is 10.5 Å². The van der Waals surface area contributed by atoms with Crippen LogP contribution in [0.3, 0.4) is 0 Å². The Balaban J connectivity index is 1.97. The summed E-state index contributed by atoms with van der Waals surface area (Å²) in [6.45, 7) is 0. The van der Waals surface area contributed by atoms with Gasteiger partial charge in [-0.3, -0.25) is 0 Å². The Hall–Kier alpha value is -1.87. The lowest BCUT2D eigenvalue weighted by atomic mass is 10.00. The first-order valence-electron chi connectivity index (χ1n) is 6.33. The van der Waals surface area contributed by atoms with Crippen molar-refractivity contribution in [1.82, 2.24) is 0 Å². The van der Waals surface area contributed by atoms with E-state index < -0.39 is 0 Å². The van der Waals surface area contributed by atoms with Gasteiger partial charge >= 0.3 is 0 Å². The fraction of sp³-hybridized carbons (Fsp3) is 0.250. The summed E-state index contributed by atoms with van der Waals surface area (Å²) >= 11 is 0. The van der Waals surface area contributed by atoms with E-state index in [4.69, 9.17) is 10.5 Å². The summed E-state index contributed by atoms with van der Waals surface area (Å²) < 4.78 is 18.4. The Labute approximate surface area is 113 Å². The quantitative estimate of drug-likeness (QED) is 0.892. The van der Waals surface area contributed by atoms with Crippen LogP contribution < -0.4 is 10.5 Å². The average molecular weight is 259 g/mol. The molecule has 0 aliphatic rings. The van der Waals surface area contributed by atoms with E-state index >= 15 is 0 Å². The summed E-state index contributed by atoms with van der Waals surface area (Å²) in [5.74, 6) is -0.0515. The van der Waals surface area contributed by atoms with Gasteiger partial charge in [-0.25, -0.2) is 4.39 Å².